The molecular weight excluding hydrogens is 424 g/mol. The number of carbonyl (C=O) groups is 1. The average molecular weight is 460 g/mol. The van der Waals surface area contributed by atoms with Crippen molar-refractivity contribution in [1.82, 2.24) is 0 Å². The second kappa shape index (κ2) is 10.6. The molecule has 172 valence electrons. The van der Waals surface area contributed by atoms with Crippen LogP contribution in [0.3, 0.4) is 0 Å². The summed E-state index contributed by atoms with van der Waals surface area (Å²) < 4.78 is 1.06. The van der Waals surface area contributed by atoms with E-state index in [1.54, 1.807) is 0 Å². The molecule has 2 N–H and O–H groups in total. The first kappa shape index (κ1) is 23.6. The quantitative estimate of drug-likeness (QED) is 0.247. The van der Waals surface area contributed by atoms with Gasteiger partial charge in [-0.1, -0.05) is 78.9 Å². The number of thioether (sulfide) groups is 1. The Labute approximate surface area is 202 Å². The number of primary amides is 1. The minimum absolute atomic E-state index is 0.233. The van der Waals surface area contributed by atoms with Gasteiger partial charge >= 0.3 is 0 Å². The van der Waals surface area contributed by atoms with Gasteiger partial charge < -0.3 is 10.2 Å². The van der Waals surface area contributed by atoms with Gasteiger partial charge in [0, 0.05) is 41.2 Å². The zero-order valence-electron chi connectivity index (χ0n) is 19.5. The van der Waals surface area contributed by atoms with Crippen molar-refractivity contribution in [3.05, 3.63) is 102 Å². The van der Waals surface area contributed by atoms with Gasteiger partial charge in [0.1, 0.15) is 0 Å². The van der Waals surface area contributed by atoms with E-state index < -0.39 is 0 Å². The van der Waals surface area contributed by atoms with Crippen LogP contribution in [0.2, 0.25) is 0 Å². The van der Waals surface area contributed by atoms with Gasteiger partial charge in [-0.2, -0.15) is 0 Å². The van der Waals surface area contributed by atoms with Gasteiger partial charge in [0.05, 0.1) is 26.7 Å². The summed E-state index contributed by atoms with van der Waals surface area (Å²) in [7, 11) is 2.39. The predicted molar refractivity (Wildman–Crippen MR) is 138 cm³/mol. The van der Waals surface area contributed by atoms with E-state index in [0.717, 1.165) is 36.3 Å². The number of nitrogens with zero attached hydrogens (tertiary/aromatic N) is 1. The number of carbonyl (C=O) groups excluding carboxylic acids is 1. The predicted octanol–water partition coefficient (Wildman–Crippen LogP) is 5.50. The molecule has 0 aromatic heterocycles. The lowest BCUT2D eigenvalue weighted by atomic mass is 9.63. The third-order valence-electron chi connectivity index (χ3n) is 7.26. The number of likely N-dealkylation sites (tertiary alicyclic amines) is 1. The van der Waals surface area contributed by atoms with Crippen LogP contribution >= 0.6 is 11.8 Å². The minimum Gasteiger partial charge on any atom is -0.370 e. The van der Waals surface area contributed by atoms with Crippen molar-refractivity contribution in [3.8, 4) is 0 Å². The van der Waals surface area contributed by atoms with Gasteiger partial charge in [-0.15, -0.1) is 11.8 Å². The highest BCUT2D eigenvalue weighted by Crippen LogP contribution is 2.47. The second-order valence-corrected chi connectivity index (χ2v) is 10.8. The molecule has 0 aliphatic carbocycles. The van der Waals surface area contributed by atoms with Crippen LogP contribution in [0, 0.1) is 5.92 Å². The maximum absolute atomic E-state index is 12.4. The highest BCUT2D eigenvalue weighted by molar-refractivity contribution is 7.99. The Morgan fingerprint density at radius 1 is 0.939 bits per heavy atom. The van der Waals surface area contributed by atoms with E-state index in [2.05, 4.69) is 85.9 Å². The molecule has 1 amide bonds. The van der Waals surface area contributed by atoms with Crippen LogP contribution in [0.4, 0.5) is 0 Å². The lowest BCUT2D eigenvalue weighted by molar-refractivity contribution is -0.899. The normalized spacial score (nSPS) is 20.6. The number of hydrogen-bond acceptors (Lipinski definition) is 2. The Morgan fingerprint density at radius 2 is 1.48 bits per heavy atom. The largest absolute Gasteiger partial charge is 0.370 e. The van der Waals surface area contributed by atoms with Gasteiger partial charge in [0.15, 0.2) is 0 Å². The Balaban J connectivity index is 1.55. The lowest BCUT2D eigenvalue weighted by Crippen LogP contribution is -2.47. The van der Waals surface area contributed by atoms with Crippen LogP contribution < -0.4 is 5.73 Å². The molecule has 4 rings (SSSR count). The van der Waals surface area contributed by atoms with E-state index in [0.29, 0.717) is 12.3 Å². The fourth-order valence-electron chi connectivity index (χ4n) is 5.67. The van der Waals surface area contributed by atoms with Crippen molar-refractivity contribution < 1.29 is 9.28 Å². The molecule has 0 saturated carbocycles. The maximum atomic E-state index is 12.4. The van der Waals surface area contributed by atoms with Crippen LogP contribution in [0.5, 0.6) is 0 Å². The Hall–Kier alpha value is -2.56. The summed E-state index contributed by atoms with van der Waals surface area (Å²) in [5.74, 6) is 1.26. The van der Waals surface area contributed by atoms with Crippen molar-refractivity contribution in [2.75, 3.05) is 32.4 Å². The summed E-state index contributed by atoms with van der Waals surface area (Å²) in [5, 5.41) is 0. The van der Waals surface area contributed by atoms with Gasteiger partial charge in [0.2, 0.25) is 5.91 Å². The Morgan fingerprint density at radius 3 is 2.03 bits per heavy atom. The smallest absolute Gasteiger partial charge is 0.218 e. The summed E-state index contributed by atoms with van der Waals surface area (Å²) >= 11 is 1.94. The summed E-state index contributed by atoms with van der Waals surface area (Å²) in [4.78, 5) is 13.8. The fraction of sp³-hybridized carbons (Fsp3) is 0.345. The molecule has 1 aliphatic rings. The molecule has 1 unspecified atom stereocenters. The summed E-state index contributed by atoms with van der Waals surface area (Å²) in [6.45, 7) is 3.36. The van der Waals surface area contributed by atoms with Gasteiger partial charge in [0.25, 0.3) is 0 Å². The van der Waals surface area contributed by atoms with Crippen molar-refractivity contribution >= 4 is 17.7 Å². The molecule has 33 heavy (non-hydrogen) atoms. The molecule has 1 fully saturated rings. The minimum atomic E-state index is -0.386. The molecule has 1 heterocycles. The van der Waals surface area contributed by atoms with Crippen LogP contribution in [-0.2, 0) is 10.2 Å². The number of quaternary nitrogens is 1. The van der Waals surface area contributed by atoms with E-state index >= 15 is 0 Å². The molecule has 0 bridgehead atoms. The van der Waals surface area contributed by atoms with E-state index in [9.17, 15) is 4.79 Å². The first-order chi connectivity index (χ1) is 16.0. The first-order valence-electron chi connectivity index (χ1n) is 11.9. The van der Waals surface area contributed by atoms with Crippen LogP contribution in [0.15, 0.2) is 95.9 Å². The molecule has 2 atom stereocenters. The fourth-order valence-corrected chi connectivity index (χ4v) is 6.53. The number of benzene rings is 3. The molecule has 1 aliphatic heterocycles. The Bertz CT molecular complexity index is 986. The third kappa shape index (κ3) is 5.51. The number of amides is 1. The van der Waals surface area contributed by atoms with Crippen LogP contribution in [-0.4, -0.2) is 42.8 Å². The highest BCUT2D eigenvalue weighted by Gasteiger charge is 2.50. The Kier molecular flexibility index (Phi) is 7.56. The maximum Gasteiger partial charge on any atom is 0.218 e. The number of hydrogen-bond donors (Lipinski definition) is 1. The lowest BCUT2D eigenvalue weighted by Gasteiger charge is -2.40. The van der Waals surface area contributed by atoms with Crippen molar-refractivity contribution in [2.45, 2.75) is 29.6 Å². The first-order valence-corrected chi connectivity index (χ1v) is 12.9. The molecular formula is C29H35N2OS+. The molecule has 3 aromatic rings. The zero-order chi connectivity index (χ0) is 23.2. The van der Waals surface area contributed by atoms with Gasteiger partial charge in [-0.05, 0) is 23.3 Å². The van der Waals surface area contributed by atoms with Crippen molar-refractivity contribution in [2.24, 2.45) is 11.7 Å². The molecule has 0 radical (unpaired) electrons. The second-order valence-electron chi connectivity index (χ2n) is 9.60. The van der Waals surface area contributed by atoms with E-state index in [4.69, 9.17) is 5.73 Å². The van der Waals surface area contributed by atoms with Crippen LogP contribution in [0.25, 0.3) is 0 Å². The molecule has 3 nitrogen and oxygen atoms in total. The van der Waals surface area contributed by atoms with Gasteiger partial charge in [-0.3, -0.25) is 4.79 Å². The molecule has 4 heteroatoms. The van der Waals surface area contributed by atoms with E-state index in [1.165, 1.54) is 22.4 Å². The summed E-state index contributed by atoms with van der Waals surface area (Å²) in [5.41, 5.74) is 7.91. The highest BCUT2D eigenvalue weighted by atomic mass is 32.2. The summed E-state index contributed by atoms with van der Waals surface area (Å²) in [6, 6.07) is 31.8. The topological polar surface area (TPSA) is 43.1 Å². The average Bonchev–Trinajstić information content (AvgIpc) is 3.24. The zero-order valence-corrected chi connectivity index (χ0v) is 20.3. The SMILES string of the molecule is C[N@@+]1(CCCSc2ccccc2)CCC(C(CC(N)=O)(c2ccccc2)c2ccccc2)C1. The number of rotatable bonds is 10. The monoisotopic (exact) mass is 459 g/mol. The molecule has 0 spiro atoms. The molecule has 3 aromatic carbocycles. The van der Waals surface area contributed by atoms with Crippen LogP contribution in [0.1, 0.15) is 30.4 Å². The van der Waals surface area contributed by atoms with E-state index in [-0.39, 0.29) is 11.3 Å². The number of nitrogens with two attached hydrogens (primary N) is 1. The summed E-state index contributed by atoms with van der Waals surface area (Å²) in [6.07, 6.45) is 2.62. The standard InChI is InChI=1S/C29H34N2OS/c1-31(19-11-21-33-27-16-9-4-10-17-27)20-18-26(23-31)29(22-28(30)32,24-12-5-2-6-13-24)25-14-7-3-8-15-25/h2-10,12-17,26H,11,18-23H2,1H3,(H-,30,32)/p+1/t26?,31-/m1/s1. The van der Waals surface area contributed by atoms with Crippen molar-refractivity contribution in [1.29, 1.82) is 0 Å². The van der Waals surface area contributed by atoms with Gasteiger partial charge in [-0.25, -0.2) is 0 Å². The van der Waals surface area contributed by atoms with Crippen molar-refractivity contribution in [3.63, 3.8) is 0 Å². The molecule has 1 saturated heterocycles. The third-order valence-corrected chi connectivity index (χ3v) is 8.36. The van der Waals surface area contributed by atoms with E-state index in [1.807, 2.05) is 23.9 Å².